The summed E-state index contributed by atoms with van der Waals surface area (Å²) in [4.78, 5) is 9.00. The number of benzene rings is 1. The van der Waals surface area contributed by atoms with E-state index in [4.69, 9.17) is 15.0 Å². The molecule has 1 rings (SSSR count). The third-order valence-corrected chi connectivity index (χ3v) is 1.37. The lowest BCUT2D eigenvalue weighted by Gasteiger charge is -1.97. The molecule has 0 saturated heterocycles. The monoisotopic (exact) mass is 182 g/mol. The number of aromatic hydroxyl groups is 1. The first kappa shape index (κ1) is 11.5. The Hall–Kier alpha value is -1.51. The predicted octanol–water partition coefficient (Wildman–Crippen LogP) is 2.05. The lowest BCUT2D eigenvalue weighted by molar-refractivity contribution is -0.134. The molecular formula is C10H14O3. The van der Waals surface area contributed by atoms with Crippen LogP contribution in [0.15, 0.2) is 24.3 Å². The van der Waals surface area contributed by atoms with Crippen molar-refractivity contribution >= 4 is 5.97 Å². The molecule has 3 heteroatoms. The summed E-state index contributed by atoms with van der Waals surface area (Å²) in [5, 5.41) is 16.5. The molecule has 0 heterocycles. The van der Waals surface area contributed by atoms with Crippen LogP contribution in [0.25, 0.3) is 0 Å². The van der Waals surface area contributed by atoms with Gasteiger partial charge in [0.05, 0.1) is 0 Å². The number of aryl methyl sites for hydroxylation is 1. The van der Waals surface area contributed by atoms with Crippen LogP contribution in [0.3, 0.4) is 0 Å². The summed E-state index contributed by atoms with van der Waals surface area (Å²) in [7, 11) is 0. The van der Waals surface area contributed by atoms with Gasteiger partial charge in [-0.1, -0.05) is 25.1 Å². The predicted molar refractivity (Wildman–Crippen MR) is 50.8 cm³/mol. The largest absolute Gasteiger partial charge is 0.508 e. The first-order valence-corrected chi connectivity index (χ1v) is 4.04. The number of hydrogen-bond donors (Lipinski definition) is 2. The quantitative estimate of drug-likeness (QED) is 0.698. The second kappa shape index (κ2) is 6.06. The van der Waals surface area contributed by atoms with Gasteiger partial charge in [-0.3, -0.25) is 4.79 Å². The SMILES string of the molecule is CC(=O)O.CCc1ccccc1O. The normalized spacial score (nSPS) is 8.46. The van der Waals surface area contributed by atoms with Crippen molar-refractivity contribution in [1.29, 1.82) is 0 Å². The van der Waals surface area contributed by atoms with E-state index in [1.54, 1.807) is 6.07 Å². The molecule has 0 bridgehead atoms. The highest BCUT2D eigenvalue weighted by Crippen LogP contribution is 2.14. The zero-order valence-electron chi connectivity index (χ0n) is 7.82. The molecule has 13 heavy (non-hydrogen) atoms. The van der Waals surface area contributed by atoms with Crippen LogP contribution < -0.4 is 0 Å². The van der Waals surface area contributed by atoms with Gasteiger partial charge in [0.15, 0.2) is 0 Å². The number of hydrogen-bond acceptors (Lipinski definition) is 2. The van der Waals surface area contributed by atoms with E-state index in [0.29, 0.717) is 5.75 Å². The fourth-order valence-corrected chi connectivity index (χ4v) is 0.810. The van der Waals surface area contributed by atoms with E-state index < -0.39 is 5.97 Å². The molecule has 0 radical (unpaired) electrons. The Morgan fingerprint density at radius 2 is 1.85 bits per heavy atom. The second-order valence-corrected chi connectivity index (χ2v) is 2.50. The highest BCUT2D eigenvalue weighted by atomic mass is 16.4. The summed E-state index contributed by atoms with van der Waals surface area (Å²) in [6.45, 7) is 3.11. The minimum absolute atomic E-state index is 0.403. The highest BCUT2D eigenvalue weighted by molar-refractivity contribution is 5.62. The molecule has 0 aliphatic carbocycles. The summed E-state index contributed by atoms with van der Waals surface area (Å²) in [5.41, 5.74) is 1.01. The van der Waals surface area contributed by atoms with Gasteiger partial charge < -0.3 is 10.2 Å². The Morgan fingerprint density at radius 3 is 2.15 bits per heavy atom. The van der Waals surface area contributed by atoms with Crippen molar-refractivity contribution < 1.29 is 15.0 Å². The molecule has 0 aliphatic heterocycles. The fourth-order valence-electron chi connectivity index (χ4n) is 0.810. The first-order chi connectivity index (χ1) is 6.07. The van der Waals surface area contributed by atoms with Crippen molar-refractivity contribution in [2.45, 2.75) is 20.3 Å². The van der Waals surface area contributed by atoms with E-state index >= 15 is 0 Å². The molecule has 72 valence electrons. The van der Waals surface area contributed by atoms with Crippen LogP contribution in [0.5, 0.6) is 5.75 Å². The van der Waals surface area contributed by atoms with Crippen LogP contribution in [-0.4, -0.2) is 16.2 Å². The van der Waals surface area contributed by atoms with Crippen LogP contribution in [0.4, 0.5) is 0 Å². The summed E-state index contributed by atoms with van der Waals surface area (Å²) in [6.07, 6.45) is 0.896. The molecule has 0 aliphatic rings. The lowest BCUT2D eigenvalue weighted by Crippen LogP contribution is -1.78. The average molecular weight is 182 g/mol. The fraction of sp³-hybridized carbons (Fsp3) is 0.300. The average Bonchev–Trinajstić information content (AvgIpc) is 2.04. The minimum Gasteiger partial charge on any atom is -0.508 e. The van der Waals surface area contributed by atoms with Gasteiger partial charge in [-0.15, -0.1) is 0 Å². The van der Waals surface area contributed by atoms with Gasteiger partial charge in [0.2, 0.25) is 0 Å². The molecule has 0 saturated carbocycles. The summed E-state index contributed by atoms with van der Waals surface area (Å²) in [6, 6.07) is 7.39. The lowest BCUT2D eigenvalue weighted by atomic mass is 10.1. The standard InChI is InChI=1S/C8H10O.C2H4O2/c1-2-7-5-3-4-6-8(7)9;1-2(3)4/h3-6,9H,2H2,1H3;1H3,(H,3,4). The maximum Gasteiger partial charge on any atom is 0.300 e. The van der Waals surface area contributed by atoms with Gasteiger partial charge in [0.25, 0.3) is 5.97 Å². The molecular weight excluding hydrogens is 168 g/mol. The summed E-state index contributed by atoms with van der Waals surface area (Å²) in [5.74, 6) is -0.431. The Bertz CT molecular complexity index is 265. The number of rotatable bonds is 1. The Labute approximate surface area is 77.6 Å². The summed E-state index contributed by atoms with van der Waals surface area (Å²) >= 11 is 0. The van der Waals surface area contributed by atoms with Crippen LogP contribution in [-0.2, 0) is 11.2 Å². The molecule has 0 fully saturated rings. The van der Waals surface area contributed by atoms with E-state index in [2.05, 4.69) is 0 Å². The molecule has 1 aromatic rings. The number of carboxylic acid groups (broad SMARTS) is 1. The zero-order valence-corrected chi connectivity index (χ0v) is 7.82. The molecule has 0 aromatic heterocycles. The van der Waals surface area contributed by atoms with Gasteiger partial charge in [-0.05, 0) is 18.1 Å². The van der Waals surface area contributed by atoms with Gasteiger partial charge in [-0.2, -0.15) is 0 Å². The van der Waals surface area contributed by atoms with Crippen molar-refractivity contribution in [3.8, 4) is 5.75 Å². The maximum absolute atomic E-state index is 9.11. The number of carboxylic acids is 1. The van der Waals surface area contributed by atoms with Crippen molar-refractivity contribution in [2.75, 3.05) is 0 Å². The zero-order chi connectivity index (χ0) is 10.3. The van der Waals surface area contributed by atoms with E-state index in [1.165, 1.54) is 0 Å². The maximum atomic E-state index is 9.11. The summed E-state index contributed by atoms with van der Waals surface area (Å²) < 4.78 is 0. The van der Waals surface area contributed by atoms with Gasteiger partial charge in [-0.25, -0.2) is 0 Å². The molecule has 3 nitrogen and oxygen atoms in total. The van der Waals surface area contributed by atoms with Gasteiger partial charge in [0, 0.05) is 6.92 Å². The third kappa shape index (κ3) is 5.73. The Kier molecular flexibility index (Phi) is 5.35. The van der Waals surface area contributed by atoms with Crippen molar-refractivity contribution in [1.82, 2.24) is 0 Å². The molecule has 0 spiro atoms. The molecule has 2 N–H and O–H groups in total. The van der Waals surface area contributed by atoms with Crippen molar-refractivity contribution in [3.05, 3.63) is 29.8 Å². The van der Waals surface area contributed by atoms with E-state index in [9.17, 15) is 0 Å². The minimum atomic E-state index is -0.833. The third-order valence-electron chi connectivity index (χ3n) is 1.37. The number of carbonyl (C=O) groups is 1. The van der Waals surface area contributed by atoms with Crippen LogP contribution in [0.2, 0.25) is 0 Å². The Balaban J connectivity index is 0.000000310. The van der Waals surface area contributed by atoms with Crippen LogP contribution >= 0.6 is 0 Å². The molecule has 0 atom stereocenters. The van der Waals surface area contributed by atoms with Crippen LogP contribution in [0.1, 0.15) is 19.4 Å². The molecule has 0 unspecified atom stereocenters. The topological polar surface area (TPSA) is 57.5 Å². The smallest absolute Gasteiger partial charge is 0.300 e. The van der Waals surface area contributed by atoms with Crippen molar-refractivity contribution in [2.24, 2.45) is 0 Å². The van der Waals surface area contributed by atoms with Crippen LogP contribution in [0, 0.1) is 0 Å². The Morgan fingerprint density at radius 1 is 1.38 bits per heavy atom. The second-order valence-electron chi connectivity index (χ2n) is 2.50. The van der Waals surface area contributed by atoms with E-state index in [-0.39, 0.29) is 0 Å². The highest BCUT2D eigenvalue weighted by Gasteiger charge is 1.92. The number of para-hydroxylation sites is 1. The van der Waals surface area contributed by atoms with Gasteiger partial charge >= 0.3 is 0 Å². The van der Waals surface area contributed by atoms with Gasteiger partial charge in [0.1, 0.15) is 5.75 Å². The van der Waals surface area contributed by atoms with E-state index in [0.717, 1.165) is 18.9 Å². The van der Waals surface area contributed by atoms with Crippen molar-refractivity contribution in [3.63, 3.8) is 0 Å². The number of phenolic OH excluding ortho intramolecular Hbond substituents is 1. The number of phenols is 1. The van der Waals surface area contributed by atoms with E-state index in [1.807, 2.05) is 25.1 Å². The first-order valence-electron chi connectivity index (χ1n) is 4.04. The number of aliphatic carboxylic acids is 1. The molecule has 0 amide bonds. The molecule has 1 aromatic carbocycles.